The number of benzene rings is 2. The standard InChI is InChI=1S/C26H18O14/c1-36-10-6-9(27)14-15(17(10)29)20(32)22-16(18(14)30)23(33)26(40-22)12(28)5-8-3-7-4-11(24(34)37-2)38-25(35)13(7)19(31)21(8)39-26/h3-4,6,12,23,28,30-33H,5H2,1-2H3/t12-,23-,26-/m1/s1. The Morgan fingerprint density at radius 1 is 0.975 bits per heavy atom. The second kappa shape index (κ2) is 8.21. The van der Waals surface area contributed by atoms with Gasteiger partial charge >= 0.3 is 17.4 Å². The van der Waals surface area contributed by atoms with E-state index in [2.05, 4.69) is 4.74 Å². The highest BCUT2D eigenvalue weighted by atomic mass is 16.7. The summed E-state index contributed by atoms with van der Waals surface area (Å²) < 4.78 is 25.8. The average molecular weight is 554 g/mol. The fourth-order valence-electron chi connectivity index (χ4n) is 5.24. The molecular weight excluding hydrogens is 536 g/mol. The van der Waals surface area contributed by atoms with Gasteiger partial charge in [0.05, 0.1) is 30.9 Å². The van der Waals surface area contributed by atoms with Gasteiger partial charge in [-0.25, -0.2) is 9.59 Å². The number of esters is 1. The van der Waals surface area contributed by atoms with Crippen LogP contribution in [-0.2, 0) is 15.9 Å². The molecule has 3 aromatic rings. The van der Waals surface area contributed by atoms with E-state index in [0.717, 1.165) is 26.4 Å². The first-order chi connectivity index (χ1) is 18.9. The first kappa shape index (κ1) is 25.2. The molecule has 0 fully saturated rings. The van der Waals surface area contributed by atoms with E-state index in [1.807, 2.05) is 0 Å². The third-order valence-electron chi connectivity index (χ3n) is 7.12. The molecule has 1 aromatic heterocycles. The van der Waals surface area contributed by atoms with E-state index in [1.165, 1.54) is 6.07 Å². The van der Waals surface area contributed by atoms with Gasteiger partial charge in [0.25, 0.3) is 0 Å². The van der Waals surface area contributed by atoms with Gasteiger partial charge in [-0.3, -0.25) is 9.59 Å². The lowest BCUT2D eigenvalue weighted by molar-refractivity contribution is -0.234. The number of fused-ring (bicyclic) bond motifs is 4. The van der Waals surface area contributed by atoms with Crippen LogP contribution in [0.3, 0.4) is 0 Å². The number of aliphatic hydroxyl groups excluding tert-OH is 2. The molecule has 2 aromatic carbocycles. The van der Waals surface area contributed by atoms with Gasteiger partial charge in [-0.05, 0) is 17.5 Å². The lowest BCUT2D eigenvalue weighted by atomic mass is 9.86. The number of ether oxygens (including phenoxy) is 4. The first-order valence-corrected chi connectivity index (χ1v) is 11.6. The van der Waals surface area contributed by atoms with Crippen LogP contribution < -0.4 is 15.1 Å². The van der Waals surface area contributed by atoms with Gasteiger partial charge in [-0.2, -0.15) is 0 Å². The van der Waals surface area contributed by atoms with Crippen molar-refractivity contribution in [1.82, 2.24) is 0 Å². The number of rotatable bonds is 2. The zero-order chi connectivity index (χ0) is 28.8. The summed E-state index contributed by atoms with van der Waals surface area (Å²) in [5.41, 5.74) is -2.83. The predicted octanol–water partition coefficient (Wildman–Crippen LogP) is 0.724. The van der Waals surface area contributed by atoms with Crippen molar-refractivity contribution in [2.75, 3.05) is 14.2 Å². The molecule has 0 bridgehead atoms. The molecule has 3 atom stereocenters. The van der Waals surface area contributed by atoms with E-state index >= 15 is 0 Å². The number of allylic oxidation sites excluding steroid dienone is 2. The number of hydrogen-bond acceptors (Lipinski definition) is 14. The van der Waals surface area contributed by atoms with E-state index in [4.69, 9.17) is 18.6 Å². The molecule has 0 amide bonds. The minimum Gasteiger partial charge on any atom is -0.507 e. The summed E-state index contributed by atoms with van der Waals surface area (Å²) in [5.74, 6) is -9.88. The number of phenols is 3. The second-order valence-corrected chi connectivity index (χ2v) is 9.21. The molecule has 5 N–H and O–H groups in total. The Hall–Kier alpha value is -5.08. The summed E-state index contributed by atoms with van der Waals surface area (Å²) in [6, 6.07) is 2.48. The van der Waals surface area contributed by atoms with Crippen molar-refractivity contribution in [2.45, 2.75) is 24.4 Å². The van der Waals surface area contributed by atoms with Gasteiger partial charge in [-0.15, -0.1) is 0 Å². The van der Waals surface area contributed by atoms with E-state index < -0.39 is 103 Å². The van der Waals surface area contributed by atoms with Crippen LogP contribution in [0.5, 0.6) is 28.7 Å². The van der Waals surface area contributed by atoms with Gasteiger partial charge in [0.15, 0.2) is 40.6 Å². The van der Waals surface area contributed by atoms with Crippen molar-refractivity contribution in [1.29, 1.82) is 0 Å². The number of phenolic OH excluding ortho intramolecular Hbond substituents is 3. The van der Waals surface area contributed by atoms with Gasteiger partial charge in [0.1, 0.15) is 17.2 Å². The average Bonchev–Trinajstić information content (AvgIpc) is 3.21. The molecule has 14 nitrogen and oxygen atoms in total. The summed E-state index contributed by atoms with van der Waals surface area (Å²) in [7, 11) is 2.20. The van der Waals surface area contributed by atoms with Crippen molar-refractivity contribution in [3.63, 3.8) is 0 Å². The van der Waals surface area contributed by atoms with Gasteiger partial charge in [-0.1, -0.05) is 0 Å². The molecule has 2 aliphatic heterocycles. The quantitative estimate of drug-likeness (QED) is 0.218. The number of carbonyl (C=O) groups is 3. The first-order valence-electron chi connectivity index (χ1n) is 11.6. The molecule has 14 heteroatoms. The van der Waals surface area contributed by atoms with Crippen LogP contribution in [0.4, 0.5) is 0 Å². The molecule has 6 rings (SSSR count). The molecule has 0 saturated carbocycles. The number of hydrogen-bond donors (Lipinski definition) is 5. The molecular formula is C26H18O14. The van der Waals surface area contributed by atoms with Crippen LogP contribution in [-0.4, -0.2) is 69.2 Å². The van der Waals surface area contributed by atoms with E-state index in [-0.39, 0.29) is 17.4 Å². The highest BCUT2D eigenvalue weighted by Gasteiger charge is 2.61. The Labute approximate surface area is 221 Å². The van der Waals surface area contributed by atoms with E-state index in [0.29, 0.717) is 0 Å². The minimum atomic E-state index is -2.52. The largest absolute Gasteiger partial charge is 0.507 e. The highest BCUT2D eigenvalue weighted by molar-refractivity contribution is 6.26. The third-order valence-corrected chi connectivity index (χ3v) is 7.12. The lowest BCUT2D eigenvalue weighted by Crippen LogP contribution is -2.57. The Morgan fingerprint density at radius 3 is 2.35 bits per heavy atom. The van der Waals surface area contributed by atoms with E-state index in [1.54, 1.807) is 0 Å². The van der Waals surface area contributed by atoms with Crippen LogP contribution in [0.15, 0.2) is 33.2 Å². The third kappa shape index (κ3) is 3.05. The Morgan fingerprint density at radius 2 is 1.68 bits per heavy atom. The smallest absolute Gasteiger partial charge is 0.374 e. The van der Waals surface area contributed by atoms with Crippen molar-refractivity contribution >= 4 is 28.3 Å². The second-order valence-electron chi connectivity index (χ2n) is 9.21. The van der Waals surface area contributed by atoms with Crippen molar-refractivity contribution < 1.29 is 63.3 Å². The van der Waals surface area contributed by atoms with E-state index in [9.17, 15) is 44.7 Å². The van der Waals surface area contributed by atoms with Crippen molar-refractivity contribution in [2.24, 2.45) is 0 Å². The van der Waals surface area contributed by atoms with Crippen LogP contribution in [0, 0.1) is 0 Å². The Kier molecular flexibility index (Phi) is 5.17. The molecule has 3 heterocycles. The molecule has 40 heavy (non-hydrogen) atoms. The zero-order valence-corrected chi connectivity index (χ0v) is 20.5. The number of carbonyl (C=O) groups excluding carboxylic acids is 3. The molecule has 0 unspecified atom stereocenters. The summed E-state index contributed by atoms with van der Waals surface area (Å²) in [6.07, 6.45) is -3.39. The monoisotopic (exact) mass is 554 g/mol. The maximum Gasteiger partial charge on any atom is 0.374 e. The molecule has 206 valence electrons. The number of methoxy groups -OCH3 is 2. The minimum absolute atomic E-state index is 0.0530. The molecule has 1 aliphatic carbocycles. The van der Waals surface area contributed by atoms with Crippen LogP contribution >= 0.6 is 0 Å². The number of aliphatic hydroxyl groups is 2. The van der Waals surface area contributed by atoms with Crippen LogP contribution in [0.25, 0.3) is 10.8 Å². The summed E-state index contributed by atoms with van der Waals surface area (Å²) >= 11 is 0. The van der Waals surface area contributed by atoms with Gasteiger partial charge in [0, 0.05) is 18.1 Å². The fraction of sp³-hybridized carbons (Fsp3) is 0.231. The Balaban J connectivity index is 1.51. The SMILES string of the molecule is COC(=O)c1cc2cc3c(c(O)c2c(=O)o1)O[C@@]1(Oc2c(O)c4c(c(O)c2[C@H]1O)C(=O)C=C(OC)C4=O)[C@H](O)C3. The summed E-state index contributed by atoms with van der Waals surface area (Å²) in [4.78, 5) is 50.0. The lowest BCUT2D eigenvalue weighted by Gasteiger charge is -2.40. The normalized spacial score (nSPS) is 22.6. The zero-order valence-electron chi connectivity index (χ0n) is 20.5. The fourth-order valence-corrected chi connectivity index (χ4v) is 5.24. The molecule has 0 radical (unpaired) electrons. The maximum absolute atomic E-state index is 12.8. The van der Waals surface area contributed by atoms with Crippen molar-refractivity contribution in [3.05, 3.63) is 62.4 Å². The van der Waals surface area contributed by atoms with Crippen LogP contribution in [0.2, 0.25) is 0 Å². The maximum atomic E-state index is 12.8. The number of ketones is 2. The summed E-state index contributed by atoms with van der Waals surface area (Å²) in [6.45, 7) is 0. The Bertz CT molecular complexity index is 1800. The topological polar surface area (TPSA) is 219 Å². The van der Waals surface area contributed by atoms with Crippen molar-refractivity contribution in [3.8, 4) is 28.7 Å². The highest BCUT2D eigenvalue weighted by Crippen LogP contribution is 2.59. The number of Topliss-reactive ketones (excluding diaryl/α,β-unsaturated/α-hetero) is 1. The molecule has 3 aliphatic rings. The summed E-state index contributed by atoms with van der Waals surface area (Å²) in [5, 5.41) is 54.9. The molecule has 0 saturated heterocycles. The molecule has 1 spiro atoms. The predicted molar refractivity (Wildman–Crippen MR) is 128 cm³/mol. The van der Waals surface area contributed by atoms with Gasteiger partial charge < -0.3 is 48.9 Å². The number of aromatic hydroxyl groups is 3. The van der Waals surface area contributed by atoms with Gasteiger partial charge in [0.2, 0.25) is 11.5 Å². The van der Waals surface area contributed by atoms with Crippen LogP contribution in [0.1, 0.15) is 48.5 Å².